The molecule has 0 saturated carbocycles. The molecule has 4 aromatic rings. The highest BCUT2D eigenvalue weighted by Crippen LogP contribution is 2.25. The van der Waals surface area contributed by atoms with Crippen molar-refractivity contribution in [3.63, 3.8) is 0 Å². The van der Waals surface area contributed by atoms with E-state index >= 15 is 0 Å². The molecule has 0 aliphatic heterocycles. The Morgan fingerprint density at radius 2 is 1.93 bits per heavy atom. The zero-order valence-corrected chi connectivity index (χ0v) is 17.8. The first-order chi connectivity index (χ1) is 14.4. The van der Waals surface area contributed by atoms with E-state index in [2.05, 4.69) is 35.3 Å². The molecule has 0 unspecified atom stereocenters. The Hall–Kier alpha value is -3.42. The second-order valence-electron chi connectivity index (χ2n) is 7.78. The predicted octanol–water partition coefficient (Wildman–Crippen LogP) is 2.69. The van der Waals surface area contributed by atoms with E-state index in [1.54, 1.807) is 28.9 Å². The van der Waals surface area contributed by atoms with Crippen LogP contribution < -0.4 is 5.69 Å². The minimum atomic E-state index is -0.334. The van der Waals surface area contributed by atoms with Gasteiger partial charge in [-0.3, -0.25) is 4.79 Å². The van der Waals surface area contributed by atoms with Crippen LogP contribution in [0.25, 0.3) is 22.4 Å². The predicted molar refractivity (Wildman–Crippen MR) is 116 cm³/mol. The maximum absolute atomic E-state index is 12.8. The largest absolute Gasteiger partial charge is 0.350 e. The molecule has 0 N–H and O–H groups in total. The molecule has 3 aromatic heterocycles. The molecule has 1 amide bonds. The van der Waals surface area contributed by atoms with E-state index in [9.17, 15) is 9.59 Å². The highest BCUT2D eigenvalue weighted by atomic mass is 16.2. The van der Waals surface area contributed by atoms with Gasteiger partial charge in [0.25, 0.3) is 0 Å². The smallest absolute Gasteiger partial charge is 0.344 e. The number of fused-ring (bicyclic) bond motifs is 3. The number of unbranched alkanes of at least 4 members (excludes halogenated alkanes) is 1. The first kappa shape index (κ1) is 19.9. The molecule has 0 bridgehead atoms. The number of aryl methyl sites for hydroxylation is 2. The van der Waals surface area contributed by atoms with Crippen LogP contribution in [0.2, 0.25) is 0 Å². The molecule has 3 heterocycles. The summed E-state index contributed by atoms with van der Waals surface area (Å²) in [5.74, 6) is -0.130. The van der Waals surface area contributed by atoms with Crippen LogP contribution in [0.1, 0.15) is 30.9 Å². The molecule has 0 fully saturated rings. The van der Waals surface area contributed by atoms with Crippen molar-refractivity contribution in [3.8, 4) is 11.3 Å². The number of hydrogen-bond acceptors (Lipinski definition) is 4. The molecule has 1 aromatic carbocycles. The third-order valence-electron chi connectivity index (χ3n) is 5.42. The summed E-state index contributed by atoms with van der Waals surface area (Å²) in [6.07, 6.45) is 5.31. The van der Waals surface area contributed by atoms with E-state index in [0.717, 1.165) is 40.7 Å². The van der Waals surface area contributed by atoms with Crippen molar-refractivity contribution in [1.29, 1.82) is 0 Å². The lowest BCUT2D eigenvalue weighted by molar-refractivity contribution is -0.130. The van der Waals surface area contributed by atoms with Crippen LogP contribution in [-0.2, 0) is 11.3 Å². The summed E-state index contributed by atoms with van der Waals surface area (Å²) < 4.78 is 4.41. The average Bonchev–Trinajstić information content (AvgIpc) is 3.29. The topological polar surface area (TPSA) is 76.9 Å². The lowest BCUT2D eigenvalue weighted by Crippen LogP contribution is -2.34. The number of carbonyl (C=O) groups excluding carboxylic acids is 1. The van der Waals surface area contributed by atoms with Crippen LogP contribution in [0.4, 0.5) is 0 Å². The van der Waals surface area contributed by atoms with Crippen LogP contribution in [0, 0.1) is 13.8 Å². The van der Waals surface area contributed by atoms with E-state index in [0.29, 0.717) is 12.2 Å². The maximum Gasteiger partial charge on any atom is 0.350 e. The minimum absolute atomic E-state index is 0.0785. The summed E-state index contributed by atoms with van der Waals surface area (Å²) in [5, 5.41) is 9.12. The number of nitrogens with zero attached hydrogens (tertiary/aromatic N) is 6. The van der Waals surface area contributed by atoms with E-state index in [4.69, 9.17) is 0 Å². The lowest BCUT2D eigenvalue weighted by atomic mass is 10.0. The second kappa shape index (κ2) is 7.78. The molecule has 156 valence electrons. The highest BCUT2D eigenvalue weighted by Gasteiger charge is 2.17. The third-order valence-corrected chi connectivity index (χ3v) is 5.42. The van der Waals surface area contributed by atoms with E-state index in [1.807, 2.05) is 19.9 Å². The second-order valence-corrected chi connectivity index (χ2v) is 7.78. The Morgan fingerprint density at radius 1 is 1.13 bits per heavy atom. The molecule has 8 nitrogen and oxygen atoms in total. The van der Waals surface area contributed by atoms with Crippen molar-refractivity contribution in [2.24, 2.45) is 0 Å². The van der Waals surface area contributed by atoms with Gasteiger partial charge in [0, 0.05) is 31.5 Å². The van der Waals surface area contributed by atoms with E-state index < -0.39 is 0 Å². The van der Waals surface area contributed by atoms with Gasteiger partial charge in [-0.05, 0) is 38.0 Å². The monoisotopic (exact) mass is 406 g/mol. The number of carbonyl (C=O) groups is 1. The van der Waals surface area contributed by atoms with Gasteiger partial charge in [0.15, 0.2) is 5.65 Å². The molecule has 0 spiro atoms. The fourth-order valence-corrected chi connectivity index (χ4v) is 3.55. The molecular formula is C22H26N6O2. The van der Waals surface area contributed by atoms with Crippen molar-refractivity contribution >= 4 is 17.1 Å². The first-order valence-electron chi connectivity index (χ1n) is 10.2. The number of benzene rings is 1. The number of aromatic nitrogens is 5. The van der Waals surface area contributed by atoms with Gasteiger partial charge in [0.1, 0.15) is 12.1 Å². The van der Waals surface area contributed by atoms with Gasteiger partial charge in [0.2, 0.25) is 5.91 Å². The summed E-state index contributed by atoms with van der Waals surface area (Å²) in [5.41, 5.74) is 5.02. The Kier molecular flexibility index (Phi) is 5.15. The standard InChI is InChI=1S/C22H26N6O2/c1-5-6-9-25(4)20(29)14-28-22(30)26-10-11-27-19(21(26)24-28)13-18(23-27)17-12-15(2)7-8-16(17)3/h7-8,10-13H,5-6,9,14H2,1-4H3. The summed E-state index contributed by atoms with van der Waals surface area (Å²) in [6.45, 7) is 6.77. The Balaban J connectivity index is 1.75. The third kappa shape index (κ3) is 3.49. The molecular weight excluding hydrogens is 380 g/mol. The zero-order valence-electron chi connectivity index (χ0n) is 17.8. The quantitative estimate of drug-likeness (QED) is 0.493. The Labute approximate surface area is 174 Å². The van der Waals surface area contributed by atoms with E-state index in [-0.39, 0.29) is 18.1 Å². The fraction of sp³-hybridized carbons (Fsp3) is 0.364. The van der Waals surface area contributed by atoms with Gasteiger partial charge in [0.05, 0.1) is 5.69 Å². The molecule has 0 atom stereocenters. The Bertz CT molecular complexity index is 1300. The molecule has 0 aliphatic rings. The van der Waals surface area contributed by atoms with Crippen molar-refractivity contribution in [3.05, 3.63) is 58.3 Å². The molecule has 0 saturated heterocycles. The van der Waals surface area contributed by atoms with Crippen LogP contribution in [0.5, 0.6) is 0 Å². The summed E-state index contributed by atoms with van der Waals surface area (Å²) in [4.78, 5) is 26.9. The molecule has 0 radical (unpaired) electrons. The Morgan fingerprint density at radius 3 is 2.70 bits per heavy atom. The number of rotatable bonds is 6. The van der Waals surface area contributed by atoms with Crippen molar-refractivity contribution in [2.75, 3.05) is 13.6 Å². The average molecular weight is 406 g/mol. The van der Waals surface area contributed by atoms with Crippen LogP contribution in [0.3, 0.4) is 0 Å². The summed E-state index contributed by atoms with van der Waals surface area (Å²) >= 11 is 0. The maximum atomic E-state index is 12.8. The first-order valence-corrected chi connectivity index (χ1v) is 10.2. The van der Waals surface area contributed by atoms with Gasteiger partial charge < -0.3 is 4.90 Å². The zero-order chi connectivity index (χ0) is 21.4. The highest BCUT2D eigenvalue weighted by molar-refractivity contribution is 5.78. The van der Waals surface area contributed by atoms with Gasteiger partial charge in [-0.25, -0.2) is 18.4 Å². The van der Waals surface area contributed by atoms with Gasteiger partial charge in [-0.15, -0.1) is 5.10 Å². The number of amides is 1. The summed E-state index contributed by atoms with van der Waals surface area (Å²) in [6, 6.07) is 8.18. The van der Waals surface area contributed by atoms with Gasteiger partial charge in [-0.1, -0.05) is 31.0 Å². The molecule has 4 rings (SSSR count). The molecule has 8 heteroatoms. The number of likely N-dealkylation sites (N-methyl/N-ethyl adjacent to an activating group) is 1. The summed E-state index contributed by atoms with van der Waals surface area (Å²) in [7, 11) is 1.75. The van der Waals surface area contributed by atoms with Crippen molar-refractivity contribution in [2.45, 2.75) is 40.2 Å². The number of hydrogen-bond donors (Lipinski definition) is 0. The van der Waals surface area contributed by atoms with Crippen molar-refractivity contribution < 1.29 is 4.79 Å². The van der Waals surface area contributed by atoms with Crippen LogP contribution in [-0.4, -0.2) is 48.2 Å². The van der Waals surface area contributed by atoms with Gasteiger partial charge >= 0.3 is 5.69 Å². The lowest BCUT2D eigenvalue weighted by Gasteiger charge is -2.15. The van der Waals surface area contributed by atoms with E-state index in [1.165, 1.54) is 9.08 Å². The van der Waals surface area contributed by atoms with Crippen LogP contribution in [0.15, 0.2) is 41.5 Å². The SMILES string of the molecule is CCCCN(C)C(=O)Cn1nc2c3cc(-c4cc(C)ccc4C)nn3ccn2c1=O. The van der Waals surface area contributed by atoms with Gasteiger partial charge in [-0.2, -0.15) is 5.10 Å². The van der Waals surface area contributed by atoms with Crippen LogP contribution >= 0.6 is 0 Å². The minimum Gasteiger partial charge on any atom is -0.344 e. The molecule has 0 aliphatic carbocycles. The molecule has 30 heavy (non-hydrogen) atoms. The van der Waals surface area contributed by atoms with Crippen molar-refractivity contribution in [1.82, 2.24) is 28.7 Å². The normalized spacial score (nSPS) is 11.5. The fourth-order valence-electron chi connectivity index (χ4n) is 3.55.